The molecule has 0 rings (SSSR count). The van der Waals surface area contributed by atoms with Crippen LogP contribution < -0.4 is 0 Å². The molecule has 0 aromatic carbocycles. The fraction of sp³-hybridized carbons (Fsp3) is 0.906. The molecular formula is C32H63N3O3S. The molecule has 0 aliphatic heterocycles. The van der Waals surface area contributed by atoms with Gasteiger partial charge < -0.3 is 14.7 Å². The molecule has 0 aliphatic rings. The third kappa shape index (κ3) is 21.2. The van der Waals surface area contributed by atoms with E-state index in [9.17, 15) is 14.4 Å². The second-order valence-corrected chi connectivity index (χ2v) is 13.5. The SMILES string of the molecule is CCCN(C)C(=O)CCCCSCCCCN(C)C(=O)CCCC(C)CCC(C)CN(C)C(=O)CCC(C)C. The molecule has 0 spiro atoms. The van der Waals surface area contributed by atoms with Gasteiger partial charge in [-0.25, -0.2) is 0 Å². The number of unbranched alkanes of at least 4 members (excludes halogenated alkanes) is 2. The summed E-state index contributed by atoms with van der Waals surface area (Å²) in [6.45, 7) is 13.5. The van der Waals surface area contributed by atoms with E-state index in [4.69, 9.17) is 0 Å². The van der Waals surface area contributed by atoms with Gasteiger partial charge in [0.2, 0.25) is 17.7 Å². The zero-order valence-corrected chi connectivity index (χ0v) is 27.8. The Labute approximate surface area is 246 Å². The largest absolute Gasteiger partial charge is 0.346 e. The standard InChI is InChI=1S/C32H63N3O3S/c1-9-22-33(6)30(36)16-10-12-24-39-25-13-11-23-34(7)31(37)17-14-15-28(4)19-20-29(5)26-35(8)32(38)21-18-27(2)3/h27-29H,9-26H2,1-8H3. The molecule has 3 amide bonds. The van der Waals surface area contributed by atoms with Gasteiger partial charge in [-0.2, -0.15) is 11.8 Å². The summed E-state index contributed by atoms with van der Waals surface area (Å²) in [4.78, 5) is 42.4. The zero-order chi connectivity index (χ0) is 29.6. The van der Waals surface area contributed by atoms with Gasteiger partial charge in [-0.3, -0.25) is 14.4 Å². The zero-order valence-electron chi connectivity index (χ0n) is 26.9. The first-order valence-corrected chi connectivity index (χ1v) is 16.9. The first-order chi connectivity index (χ1) is 18.5. The summed E-state index contributed by atoms with van der Waals surface area (Å²) in [7, 11) is 5.77. The molecule has 39 heavy (non-hydrogen) atoms. The first kappa shape index (κ1) is 37.8. The van der Waals surface area contributed by atoms with Gasteiger partial charge in [-0.05, 0) is 80.6 Å². The van der Waals surface area contributed by atoms with E-state index >= 15 is 0 Å². The normalized spacial score (nSPS) is 12.8. The number of nitrogens with zero attached hydrogens (tertiary/aromatic N) is 3. The van der Waals surface area contributed by atoms with E-state index in [2.05, 4.69) is 34.6 Å². The lowest BCUT2D eigenvalue weighted by atomic mass is 9.93. The first-order valence-electron chi connectivity index (χ1n) is 15.8. The average molecular weight is 570 g/mol. The summed E-state index contributed by atoms with van der Waals surface area (Å²) in [5.41, 5.74) is 0. The molecule has 6 nitrogen and oxygen atoms in total. The van der Waals surface area contributed by atoms with Crippen molar-refractivity contribution in [2.45, 2.75) is 118 Å². The van der Waals surface area contributed by atoms with Gasteiger partial charge in [0, 0.05) is 60.0 Å². The van der Waals surface area contributed by atoms with Crippen molar-refractivity contribution in [1.29, 1.82) is 0 Å². The van der Waals surface area contributed by atoms with E-state index in [0.29, 0.717) is 37.0 Å². The Morgan fingerprint density at radius 3 is 1.74 bits per heavy atom. The van der Waals surface area contributed by atoms with Gasteiger partial charge in [-0.15, -0.1) is 0 Å². The number of hydrogen-bond acceptors (Lipinski definition) is 4. The van der Waals surface area contributed by atoms with Crippen molar-refractivity contribution in [3.05, 3.63) is 0 Å². The third-order valence-electron chi connectivity index (χ3n) is 7.56. The van der Waals surface area contributed by atoms with E-state index in [0.717, 1.165) is 95.3 Å². The second-order valence-electron chi connectivity index (χ2n) is 12.3. The van der Waals surface area contributed by atoms with Crippen LogP contribution in [0.3, 0.4) is 0 Å². The Bertz CT molecular complexity index is 659. The number of hydrogen-bond donors (Lipinski definition) is 0. The summed E-state index contributed by atoms with van der Waals surface area (Å²) in [5.74, 6) is 4.73. The molecule has 0 aliphatic carbocycles. The van der Waals surface area contributed by atoms with Crippen molar-refractivity contribution in [2.24, 2.45) is 17.8 Å². The Hall–Kier alpha value is -1.24. The molecule has 0 radical (unpaired) electrons. The molecular weight excluding hydrogens is 506 g/mol. The highest BCUT2D eigenvalue weighted by Crippen LogP contribution is 2.19. The Morgan fingerprint density at radius 2 is 1.13 bits per heavy atom. The highest BCUT2D eigenvalue weighted by Gasteiger charge is 2.15. The predicted octanol–water partition coefficient (Wildman–Crippen LogP) is 7.11. The lowest BCUT2D eigenvalue weighted by Crippen LogP contribution is -2.31. The minimum absolute atomic E-state index is 0.264. The van der Waals surface area contributed by atoms with E-state index in [1.165, 1.54) is 0 Å². The van der Waals surface area contributed by atoms with Crippen LogP contribution in [0.5, 0.6) is 0 Å². The molecule has 7 heteroatoms. The molecule has 0 heterocycles. The Kier molecular flexibility index (Phi) is 22.7. The van der Waals surface area contributed by atoms with Crippen molar-refractivity contribution in [2.75, 3.05) is 52.3 Å². The lowest BCUT2D eigenvalue weighted by Gasteiger charge is -2.23. The van der Waals surface area contributed by atoms with Crippen LogP contribution in [0.4, 0.5) is 0 Å². The molecule has 0 N–H and O–H groups in total. The highest BCUT2D eigenvalue weighted by atomic mass is 32.2. The Balaban J connectivity index is 3.79. The van der Waals surface area contributed by atoms with Crippen LogP contribution >= 0.6 is 11.8 Å². The van der Waals surface area contributed by atoms with E-state index in [-0.39, 0.29) is 17.7 Å². The lowest BCUT2D eigenvalue weighted by molar-refractivity contribution is -0.131. The Morgan fingerprint density at radius 1 is 0.590 bits per heavy atom. The molecule has 0 aromatic heterocycles. The van der Waals surface area contributed by atoms with Crippen LogP contribution in [0.2, 0.25) is 0 Å². The van der Waals surface area contributed by atoms with Gasteiger partial charge in [0.25, 0.3) is 0 Å². The van der Waals surface area contributed by atoms with Gasteiger partial charge in [0.05, 0.1) is 0 Å². The summed E-state index contributed by atoms with van der Waals surface area (Å²) in [6, 6.07) is 0. The predicted molar refractivity (Wildman–Crippen MR) is 169 cm³/mol. The van der Waals surface area contributed by atoms with Gasteiger partial charge >= 0.3 is 0 Å². The maximum atomic E-state index is 12.5. The minimum atomic E-state index is 0.264. The molecule has 2 unspecified atom stereocenters. The smallest absolute Gasteiger partial charge is 0.222 e. The number of amides is 3. The monoisotopic (exact) mass is 569 g/mol. The highest BCUT2D eigenvalue weighted by molar-refractivity contribution is 7.99. The summed E-state index contributed by atoms with van der Waals surface area (Å²) >= 11 is 1.97. The summed E-state index contributed by atoms with van der Waals surface area (Å²) < 4.78 is 0. The fourth-order valence-corrected chi connectivity index (χ4v) is 5.70. The van der Waals surface area contributed by atoms with Crippen molar-refractivity contribution >= 4 is 29.5 Å². The van der Waals surface area contributed by atoms with E-state index < -0.39 is 0 Å². The van der Waals surface area contributed by atoms with Gasteiger partial charge in [0.15, 0.2) is 0 Å². The van der Waals surface area contributed by atoms with Crippen LogP contribution in [0.15, 0.2) is 0 Å². The maximum Gasteiger partial charge on any atom is 0.222 e. The van der Waals surface area contributed by atoms with Crippen molar-refractivity contribution in [3.63, 3.8) is 0 Å². The van der Waals surface area contributed by atoms with Crippen molar-refractivity contribution < 1.29 is 14.4 Å². The van der Waals surface area contributed by atoms with Crippen LogP contribution in [-0.2, 0) is 14.4 Å². The molecule has 0 aromatic rings. The molecule has 0 saturated heterocycles. The fourth-order valence-electron chi connectivity index (χ4n) is 4.68. The van der Waals surface area contributed by atoms with E-state index in [1.807, 2.05) is 47.6 Å². The second kappa shape index (κ2) is 23.5. The van der Waals surface area contributed by atoms with Gasteiger partial charge in [-0.1, -0.05) is 47.5 Å². The number of rotatable bonds is 24. The number of carbonyl (C=O) groups is 3. The third-order valence-corrected chi connectivity index (χ3v) is 8.71. The van der Waals surface area contributed by atoms with E-state index in [1.54, 1.807) is 0 Å². The number of thioether (sulfide) groups is 1. The average Bonchev–Trinajstić information content (AvgIpc) is 2.89. The van der Waals surface area contributed by atoms with Gasteiger partial charge in [0.1, 0.15) is 0 Å². The quantitative estimate of drug-likeness (QED) is 0.116. The molecule has 0 fully saturated rings. The minimum Gasteiger partial charge on any atom is -0.346 e. The maximum absolute atomic E-state index is 12.5. The van der Waals surface area contributed by atoms with Crippen LogP contribution in [0.25, 0.3) is 0 Å². The summed E-state index contributed by atoms with van der Waals surface area (Å²) in [5, 5.41) is 0. The summed E-state index contributed by atoms with van der Waals surface area (Å²) in [6.07, 6.45) is 12.5. The van der Waals surface area contributed by atoms with Crippen LogP contribution in [0.1, 0.15) is 118 Å². The topological polar surface area (TPSA) is 60.9 Å². The van der Waals surface area contributed by atoms with Crippen LogP contribution in [0, 0.1) is 17.8 Å². The molecule has 0 saturated carbocycles. The van der Waals surface area contributed by atoms with Crippen molar-refractivity contribution in [3.8, 4) is 0 Å². The molecule has 2 atom stereocenters. The molecule has 0 bridgehead atoms. The molecule has 230 valence electrons. The number of carbonyl (C=O) groups excluding carboxylic acids is 3. The van der Waals surface area contributed by atoms with Crippen molar-refractivity contribution in [1.82, 2.24) is 14.7 Å². The van der Waals surface area contributed by atoms with Crippen LogP contribution in [-0.4, -0.2) is 84.7 Å².